The van der Waals surface area contributed by atoms with Gasteiger partial charge in [0.25, 0.3) is 5.56 Å². The summed E-state index contributed by atoms with van der Waals surface area (Å²) in [6.07, 6.45) is 2.73. The molecule has 0 saturated heterocycles. The third kappa shape index (κ3) is 3.74. The number of nitrogens with one attached hydrogen (secondary N) is 1. The number of hydrogen-bond donors (Lipinski definition) is 2. The molecule has 0 unspecified atom stereocenters. The molecule has 0 aliphatic heterocycles. The van der Waals surface area contributed by atoms with Crippen LogP contribution in [0.1, 0.15) is 11.1 Å². The Labute approximate surface area is 143 Å². The number of aryl methyl sites for hydroxylation is 1. The second kappa shape index (κ2) is 7.27. The third-order valence-corrected chi connectivity index (χ3v) is 3.86. The first-order valence-electron chi connectivity index (χ1n) is 7.92. The zero-order valence-corrected chi connectivity index (χ0v) is 13.8. The first-order valence-corrected chi connectivity index (χ1v) is 7.92. The standard InChI is InChI=1S/C17H19N5O3/c1-12-2-4-13(5-3-12)8-18-15(24)10-21-11-19-16-14(17(21)25)9-20-22(16)6-7-23/h2-5,9,11,23H,6-8,10H2,1H3,(H,18,24). The minimum Gasteiger partial charge on any atom is -0.394 e. The quantitative estimate of drug-likeness (QED) is 0.667. The van der Waals surface area contributed by atoms with Crippen LogP contribution >= 0.6 is 0 Å². The summed E-state index contributed by atoms with van der Waals surface area (Å²) < 4.78 is 2.70. The van der Waals surface area contributed by atoms with Crippen molar-refractivity contribution in [3.8, 4) is 0 Å². The molecule has 2 N–H and O–H groups in total. The fourth-order valence-electron chi connectivity index (χ4n) is 2.49. The predicted molar refractivity (Wildman–Crippen MR) is 91.9 cm³/mol. The minimum absolute atomic E-state index is 0.0943. The lowest BCUT2D eigenvalue weighted by atomic mass is 10.1. The largest absolute Gasteiger partial charge is 0.394 e. The van der Waals surface area contributed by atoms with Crippen molar-refractivity contribution in [2.45, 2.75) is 26.6 Å². The summed E-state index contributed by atoms with van der Waals surface area (Å²) in [6, 6.07) is 7.86. The van der Waals surface area contributed by atoms with Crippen molar-refractivity contribution in [3.63, 3.8) is 0 Å². The maximum atomic E-state index is 12.4. The van der Waals surface area contributed by atoms with Gasteiger partial charge in [-0.3, -0.25) is 14.2 Å². The molecule has 0 fully saturated rings. The number of rotatable bonds is 6. The number of hydrogen-bond acceptors (Lipinski definition) is 5. The summed E-state index contributed by atoms with van der Waals surface area (Å²) in [5.74, 6) is -0.272. The Morgan fingerprint density at radius 1 is 1.28 bits per heavy atom. The van der Waals surface area contributed by atoms with Crippen LogP contribution in [0, 0.1) is 6.92 Å². The highest BCUT2D eigenvalue weighted by atomic mass is 16.3. The Bertz CT molecular complexity index is 943. The van der Waals surface area contributed by atoms with Crippen molar-refractivity contribution in [3.05, 3.63) is 58.3 Å². The van der Waals surface area contributed by atoms with Crippen LogP contribution < -0.4 is 10.9 Å². The van der Waals surface area contributed by atoms with Crippen LogP contribution in [0.15, 0.2) is 41.6 Å². The average Bonchev–Trinajstić information content (AvgIpc) is 3.01. The smallest absolute Gasteiger partial charge is 0.264 e. The maximum absolute atomic E-state index is 12.4. The zero-order chi connectivity index (χ0) is 17.8. The number of fused-ring (bicyclic) bond motifs is 1. The Balaban J connectivity index is 1.69. The summed E-state index contributed by atoms with van der Waals surface area (Å²) >= 11 is 0. The Morgan fingerprint density at radius 2 is 2.04 bits per heavy atom. The van der Waals surface area contributed by atoms with Gasteiger partial charge in [-0.1, -0.05) is 29.8 Å². The molecule has 0 atom stereocenters. The molecule has 3 rings (SSSR count). The van der Waals surface area contributed by atoms with E-state index in [1.165, 1.54) is 21.8 Å². The van der Waals surface area contributed by atoms with Crippen LogP contribution in [0.2, 0.25) is 0 Å². The lowest BCUT2D eigenvalue weighted by Crippen LogP contribution is -2.32. The molecule has 1 amide bonds. The second-order valence-corrected chi connectivity index (χ2v) is 5.77. The van der Waals surface area contributed by atoms with Gasteiger partial charge in [0.1, 0.15) is 18.3 Å². The molecule has 0 spiro atoms. The number of aliphatic hydroxyl groups is 1. The summed E-state index contributed by atoms with van der Waals surface area (Å²) in [5, 5.41) is 16.1. The summed E-state index contributed by atoms with van der Waals surface area (Å²) in [6.45, 7) is 2.46. The fraction of sp³-hybridized carbons (Fsp3) is 0.294. The maximum Gasteiger partial charge on any atom is 0.264 e. The van der Waals surface area contributed by atoms with Crippen molar-refractivity contribution in [1.82, 2.24) is 24.6 Å². The number of benzene rings is 1. The molecule has 8 nitrogen and oxygen atoms in total. The van der Waals surface area contributed by atoms with Crippen molar-refractivity contribution >= 4 is 16.9 Å². The van der Waals surface area contributed by atoms with Gasteiger partial charge in [0.05, 0.1) is 19.3 Å². The summed E-state index contributed by atoms with van der Waals surface area (Å²) in [4.78, 5) is 28.7. The second-order valence-electron chi connectivity index (χ2n) is 5.77. The molecule has 130 valence electrons. The first kappa shape index (κ1) is 16.8. The summed E-state index contributed by atoms with van der Waals surface area (Å²) in [7, 11) is 0. The van der Waals surface area contributed by atoms with Crippen LogP contribution in [-0.2, 0) is 24.4 Å². The number of carbonyl (C=O) groups is 1. The van der Waals surface area contributed by atoms with E-state index in [0.717, 1.165) is 11.1 Å². The van der Waals surface area contributed by atoms with Gasteiger partial charge < -0.3 is 10.4 Å². The lowest BCUT2D eigenvalue weighted by molar-refractivity contribution is -0.121. The molecule has 0 radical (unpaired) electrons. The zero-order valence-electron chi connectivity index (χ0n) is 13.8. The number of carbonyl (C=O) groups excluding carboxylic acids is 1. The molecule has 8 heteroatoms. The SMILES string of the molecule is Cc1ccc(CNC(=O)Cn2cnc3c(cnn3CCO)c2=O)cc1. The van der Waals surface area contributed by atoms with E-state index in [1.807, 2.05) is 31.2 Å². The lowest BCUT2D eigenvalue weighted by Gasteiger charge is -2.08. The van der Waals surface area contributed by atoms with Crippen molar-refractivity contribution in [2.75, 3.05) is 6.61 Å². The van der Waals surface area contributed by atoms with Crippen molar-refractivity contribution in [2.24, 2.45) is 0 Å². The van der Waals surface area contributed by atoms with Gasteiger partial charge in [0, 0.05) is 6.54 Å². The normalized spacial score (nSPS) is 11.0. The van der Waals surface area contributed by atoms with Crippen LogP contribution in [0.5, 0.6) is 0 Å². The molecular weight excluding hydrogens is 322 g/mol. The van der Waals surface area contributed by atoms with Crippen molar-refractivity contribution in [1.29, 1.82) is 0 Å². The van der Waals surface area contributed by atoms with Gasteiger partial charge >= 0.3 is 0 Å². The van der Waals surface area contributed by atoms with Gasteiger partial charge in [-0.05, 0) is 12.5 Å². The first-order chi connectivity index (χ1) is 12.1. The molecule has 0 saturated carbocycles. The van der Waals surface area contributed by atoms with E-state index in [0.29, 0.717) is 17.6 Å². The van der Waals surface area contributed by atoms with Gasteiger partial charge in [0.2, 0.25) is 5.91 Å². The van der Waals surface area contributed by atoms with Crippen LogP contribution in [0.25, 0.3) is 11.0 Å². The Morgan fingerprint density at radius 3 is 2.76 bits per heavy atom. The number of amides is 1. The van der Waals surface area contributed by atoms with Gasteiger partial charge in [-0.25, -0.2) is 9.67 Å². The molecule has 2 aromatic heterocycles. The van der Waals surface area contributed by atoms with Crippen LogP contribution in [-0.4, -0.2) is 37.0 Å². The van der Waals surface area contributed by atoms with Crippen LogP contribution in [0.3, 0.4) is 0 Å². The van der Waals surface area contributed by atoms with E-state index >= 15 is 0 Å². The van der Waals surface area contributed by atoms with E-state index in [-0.39, 0.29) is 31.2 Å². The molecular formula is C17H19N5O3. The van der Waals surface area contributed by atoms with E-state index in [9.17, 15) is 9.59 Å². The topological polar surface area (TPSA) is 102 Å². The fourth-order valence-corrected chi connectivity index (χ4v) is 2.49. The predicted octanol–water partition coefficient (Wildman–Crippen LogP) is 0.210. The molecule has 0 aliphatic carbocycles. The van der Waals surface area contributed by atoms with Crippen LogP contribution in [0.4, 0.5) is 0 Å². The van der Waals surface area contributed by atoms with E-state index < -0.39 is 0 Å². The van der Waals surface area contributed by atoms with E-state index in [4.69, 9.17) is 5.11 Å². The molecule has 0 aliphatic rings. The Hall–Kier alpha value is -3.00. The molecule has 25 heavy (non-hydrogen) atoms. The van der Waals surface area contributed by atoms with Gasteiger partial charge in [-0.2, -0.15) is 5.10 Å². The molecule has 2 heterocycles. The highest BCUT2D eigenvalue weighted by Crippen LogP contribution is 2.05. The highest BCUT2D eigenvalue weighted by Gasteiger charge is 2.11. The summed E-state index contributed by atoms with van der Waals surface area (Å²) in [5.41, 5.74) is 2.21. The van der Waals surface area contributed by atoms with E-state index in [1.54, 1.807) is 0 Å². The number of nitrogens with zero attached hydrogens (tertiary/aromatic N) is 4. The molecule has 1 aromatic carbocycles. The van der Waals surface area contributed by atoms with Gasteiger partial charge in [-0.15, -0.1) is 0 Å². The van der Waals surface area contributed by atoms with Crippen molar-refractivity contribution < 1.29 is 9.90 Å². The third-order valence-electron chi connectivity index (χ3n) is 3.86. The average molecular weight is 341 g/mol. The highest BCUT2D eigenvalue weighted by molar-refractivity contribution is 5.77. The molecule has 0 bridgehead atoms. The minimum atomic E-state index is -0.334. The number of aromatic nitrogens is 4. The monoisotopic (exact) mass is 341 g/mol. The molecule has 3 aromatic rings. The van der Waals surface area contributed by atoms with E-state index in [2.05, 4.69) is 15.4 Å². The number of aliphatic hydroxyl groups excluding tert-OH is 1. The Kier molecular flexibility index (Phi) is 4.90. The van der Waals surface area contributed by atoms with Gasteiger partial charge in [0.15, 0.2) is 5.65 Å².